The zero-order valence-corrected chi connectivity index (χ0v) is 18.3. The molecule has 1 aromatic carbocycles. The predicted octanol–water partition coefficient (Wildman–Crippen LogP) is 2.17. The minimum Gasteiger partial charge on any atom is -0.507 e. The second kappa shape index (κ2) is 6.64. The molecule has 4 rings (SSSR count). The first-order chi connectivity index (χ1) is 14.3. The van der Waals surface area contributed by atoms with E-state index in [0.29, 0.717) is 30.3 Å². The molecule has 2 saturated carbocycles. The number of aryl methyl sites for hydroxylation is 1. The molecule has 0 bridgehead atoms. The van der Waals surface area contributed by atoms with E-state index >= 15 is 0 Å². The van der Waals surface area contributed by atoms with Gasteiger partial charge in [-0.2, -0.15) is 0 Å². The van der Waals surface area contributed by atoms with Gasteiger partial charge in [-0.25, -0.2) is 4.79 Å². The van der Waals surface area contributed by atoms with Crippen molar-refractivity contribution in [1.82, 2.24) is 0 Å². The smallest absolute Gasteiger partial charge is 0.342 e. The summed E-state index contributed by atoms with van der Waals surface area (Å²) in [5.41, 5.74) is -3.00. The highest BCUT2D eigenvalue weighted by molar-refractivity contribution is 5.94. The summed E-state index contributed by atoms with van der Waals surface area (Å²) >= 11 is 0. The van der Waals surface area contributed by atoms with Crippen molar-refractivity contribution in [2.75, 3.05) is 0 Å². The van der Waals surface area contributed by atoms with Crippen LogP contribution in [0.3, 0.4) is 0 Å². The number of esters is 1. The number of rotatable bonds is 4. The summed E-state index contributed by atoms with van der Waals surface area (Å²) in [4.78, 5) is 24.8. The molecule has 0 radical (unpaired) electrons. The fourth-order valence-electron chi connectivity index (χ4n) is 6.49. The van der Waals surface area contributed by atoms with E-state index in [-0.39, 0.29) is 41.2 Å². The van der Waals surface area contributed by atoms with E-state index in [1.54, 1.807) is 13.0 Å². The van der Waals surface area contributed by atoms with Crippen LogP contribution in [-0.2, 0) is 16.1 Å². The Morgan fingerprint density at radius 1 is 1.23 bits per heavy atom. The third-order valence-corrected chi connectivity index (χ3v) is 7.82. The predicted molar refractivity (Wildman–Crippen MR) is 111 cm³/mol. The highest BCUT2D eigenvalue weighted by Crippen LogP contribution is 2.69. The number of hydrogen-bond acceptors (Lipinski definition) is 7. The van der Waals surface area contributed by atoms with E-state index in [2.05, 4.69) is 13.8 Å². The number of ether oxygens (including phenoxy) is 1. The molecule has 7 heteroatoms. The maximum atomic E-state index is 12.9. The average molecular weight is 430 g/mol. The molecular formula is C24H30O7. The molecule has 1 aromatic rings. The van der Waals surface area contributed by atoms with Gasteiger partial charge in [0.1, 0.15) is 29.3 Å². The van der Waals surface area contributed by atoms with E-state index in [0.717, 1.165) is 0 Å². The van der Waals surface area contributed by atoms with Crippen LogP contribution in [0, 0.1) is 23.7 Å². The number of phenols is 1. The quantitative estimate of drug-likeness (QED) is 0.426. The molecular weight excluding hydrogens is 400 g/mol. The van der Waals surface area contributed by atoms with Crippen LogP contribution in [0.4, 0.5) is 0 Å². The molecule has 0 aromatic heterocycles. The molecule has 5 atom stereocenters. The highest BCUT2D eigenvalue weighted by Gasteiger charge is 2.75. The topological polar surface area (TPSA) is 124 Å². The number of carbonyl (C=O) groups is 2. The number of aliphatic hydroxyl groups excluding tert-OH is 1. The average Bonchev–Trinajstić information content (AvgIpc) is 2.93. The van der Waals surface area contributed by atoms with Crippen molar-refractivity contribution < 1.29 is 34.8 Å². The van der Waals surface area contributed by atoms with Gasteiger partial charge < -0.3 is 25.2 Å². The molecule has 4 N–H and O–H groups in total. The summed E-state index contributed by atoms with van der Waals surface area (Å²) in [5.74, 6) is -1.40. The van der Waals surface area contributed by atoms with Crippen molar-refractivity contribution in [2.24, 2.45) is 16.7 Å². The number of carbonyl (C=O) groups excluding carboxylic acids is 2. The lowest BCUT2D eigenvalue weighted by Crippen LogP contribution is -2.75. The number of aromatic hydroxyl groups is 1. The number of hydrogen-bond donors (Lipinski definition) is 4. The van der Waals surface area contributed by atoms with E-state index in [9.17, 15) is 30.0 Å². The summed E-state index contributed by atoms with van der Waals surface area (Å²) in [6.45, 7) is 7.28. The Kier molecular flexibility index (Phi) is 4.71. The molecule has 3 aliphatic rings. The Morgan fingerprint density at radius 3 is 2.48 bits per heavy atom. The molecule has 3 aliphatic carbocycles. The van der Waals surface area contributed by atoms with E-state index in [1.807, 2.05) is 6.92 Å². The van der Waals surface area contributed by atoms with Crippen LogP contribution < -0.4 is 0 Å². The Bertz CT molecular complexity index is 973. The van der Waals surface area contributed by atoms with E-state index in [1.165, 1.54) is 12.1 Å². The Hall–Kier alpha value is -2.22. The zero-order chi connectivity index (χ0) is 23.0. The molecule has 0 aliphatic heterocycles. The van der Waals surface area contributed by atoms with Crippen LogP contribution in [0.2, 0.25) is 0 Å². The Labute approximate surface area is 181 Å². The Balaban J connectivity index is 1.67. The van der Waals surface area contributed by atoms with Gasteiger partial charge in [0.2, 0.25) is 0 Å². The molecule has 168 valence electrons. The summed E-state index contributed by atoms with van der Waals surface area (Å²) < 4.78 is 5.62. The second-order valence-corrected chi connectivity index (χ2v) is 10.6. The van der Waals surface area contributed by atoms with Crippen molar-refractivity contribution in [2.45, 2.75) is 70.9 Å². The molecule has 0 saturated heterocycles. The molecule has 0 heterocycles. The maximum Gasteiger partial charge on any atom is 0.342 e. The van der Waals surface area contributed by atoms with Gasteiger partial charge in [-0.1, -0.05) is 26.8 Å². The lowest BCUT2D eigenvalue weighted by atomic mass is 9.43. The van der Waals surface area contributed by atoms with E-state index in [4.69, 9.17) is 4.74 Å². The van der Waals surface area contributed by atoms with Gasteiger partial charge in [-0.3, -0.25) is 4.79 Å². The molecule has 2 fully saturated rings. The molecule has 0 spiro atoms. The van der Waals surface area contributed by atoms with Gasteiger partial charge in [-0.05, 0) is 54.9 Å². The SMILES string of the molecule is Cc1cc(CO)cc(O)c1C(=O)O[C@@H]1C[C@]2(C)[C@H]3CC(C)(C)C[C@@]3(O)C=C(C=O)[C@]12O. The first-order valence-electron chi connectivity index (χ1n) is 10.6. The lowest BCUT2D eigenvalue weighted by Gasteiger charge is -2.65. The third-order valence-electron chi connectivity index (χ3n) is 7.82. The number of fused-ring (bicyclic) bond motifs is 3. The van der Waals surface area contributed by atoms with Crippen LogP contribution in [0.15, 0.2) is 23.8 Å². The fourth-order valence-corrected chi connectivity index (χ4v) is 6.49. The molecule has 31 heavy (non-hydrogen) atoms. The monoisotopic (exact) mass is 430 g/mol. The maximum absolute atomic E-state index is 12.9. The van der Waals surface area contributed by atoms with Crippen LogP contribution >= 0.6 is 0 Å². The van der Waals surface area contributed by atoms with Gasteiger partial charge in [0.25, 0.3) is 0 Å². The summed E-state index contributed by atoms with van der Waals surface area (Å²) in [7, 11) is 0. The van der Waals surface area contributed by atoms with Gasteiger partial charge >= 0.3 is 5.97 Å². The molecule has 7 nitrogen and oxygen atoms in total. The van der Waals surface area contributed by atoms with Crippen molar-refractivity contribution in [3.8, 4) is 5.75 Å². The van der Waals surface area contributed by atoms with Crippen molar-refractivity contribution in [1.29, 1.82) is 0 Å². The number of phenolic OH excluding ortho intramolecular Hbond substituents is 1. The normalized spacial score (nSPS) is 37.8. The van der Waals surface area contributed by atoms with Crippen LogP contribution in [0.1, 0.15) is 61.5 Å². The molecule has 0 amide bonds. The first-order valence-corrected chi connectivity index (χ1v) is 10.6. The minimum absolute atomic E-state index is 0.0343. The van der Waals surface area contributed by atoms with Crippen LogP contribution in [-0.4, -0.2) is 50.0 Å². The van der Waals surface area contributed by atoms with Crippen LogP contribution in [0.25, 0.3) is 0 Å². The number of benzene rings is 1. The first kappa shape index (κ1) is 22.0. The van der Waals surface area contributed by atoms with E-state index < -0.39 is 28.7 Å². The summed E-state index contributed by atoms with van der Waals surface area (Å²) in [6.07, 6.45) is 2.47. The standard InChI is InChI=1S/C24H30O7/c1-13-5-14(10-25)6-16(27)19(13)20(28)31-18-9-22(4)17-8-21(2,3)12-23(17,29)7-15(11-26)24(18,22)30/h5-7,11,17-18,25,27,29-30H,8-10,12H2,1-4H3/t17-,18-,22-,23+,24+/m1/s1. The summed E-state index contributed by atoms with van der Waals surface area (Å²) in [6, 6.07) is 2.87. The fraction of sp³-hybridized carbons (Fsp3) is 0.583. The molecule has 0 unspecified atom stereocenters. The highest BCUT2D eigenvalue weighted by atomic mass is 16.6. The van der Waals surface area contributed by atoms with Crippen LogP contribution in [0.5, 0.6) is 5.75 Å². The van der Waals surface area contributed by atoms with Crippen molar-refractivity contribution in [3.63, 3.8) is 0 Å². The number of aldehydes is 1. The lowest BCUT2D eigenvalue weighted by molar-refractivity contribution is -0.261. The minimum atomic E-state index is -1.71. The largest absolute Gasteiger partial charge is 0.507 e. The number of aliphatic hydroxyl groups is 3. The van der Waals surface area contributed by atoms with Crippen molar-refractivity contribution >= 4 is 12.3 Å². The third kappa shape index (κ3) is 2.90. The van der Waals surface area contributed by atoms with Crippen molar-refractivity contribution in [3.05, 3.63) is 40.5 Å². The van der Waals surface area contributed by atoms with Gasteiger partial charge in [-0.15, -0.1) is 0 Å². The second-order valence-electron chi connectivity index (χ2n) is 10.6. The Morgan fingerprint density at radius 2 is 1.90 bits per heavy atom. The van der Waals surface area contributed by atoms with Gasteiger partial charge in [0.05, 0.1) is 12.2 Å². The zero-order valence-electron chi connectivity index (χ0n) is 18.3. The van der Waals surface area contributed by atoms with Gasteiger partial charge in [0.15, 0.2) is 0 Å². The van der Waals surface area contributed by atoms with Gasteiger partial charge in [0, 0.05) is 16.9 Å². The summed E-state index contributed by atoms with van der Waals surface area (Å²) in [5, 5.41) is 42.5.